The summed E-state index contributed by atoms with van der Waals surface area (Å²) in [5.41, 5.74) is 3.20. The summed E-state index contributed by atoms with van der Waals surface area (Å²) in [6.45, 7) is 3.95. The van der Waals surface area contributed by atoms with E-state index < -0.39 is 6.23 Å². The number of hydrogen-bond acceptors (Lipinski definition) is 8. The highest BCUT2D eigenvalue weighted by Gasteiger charge is 2.27. The molecule has 2 aliphatic rings. The molecule has 0 spiro atoms. The van der Waals surface area contributed by atoms with Crippen molar-refractivity contribution in [3.8, 4) is 28.6 Å². The Bertz CT molecular complexity index is 1110. The summed E-state index contributed by atoms with van der Waals surface area (Å²) in [6.07, 6.45) is 1.31. The molecule has 1 aromatic heterocycles. The molecule has 2 aromatic carbocycles. The second-order valence-corrected chi connectivity index (χ2v) is 8.20. The maximum absolute atomic E-state index is 6.27. The molecule has 0 saturated carbocycles. The van der Waals surface area contributed by atoms with Crippen molar-refractivity contribution in [1.29, 1.82) is 0 Å². The van der Waals surface area contributed by atoms with Crippen LogP contribution >= 0.6 is 27.7 Å². The summed E-state index contributed by atoms with van der Waals surface area (Å²) < 4.78 is 18.1. The zero-order chi connectivity index (χ0) is 19.8. The summed E-state index contributed by atoms with van der Waals surface area (Å²) in [5, 5.41) is 12.6. The van der Waals surface area contributed by atoms with Crippen LogP contribution in [0.2, 0.25) is 0 Å². The number of fused-ring (bicyclic) bond motifs is 4. The lowest BCUT2D eigenvalue weighted by Crippen LogP contribution is -2.17. The largest absolute Gasteiger partial charge is 0.454 e. The molecule has 146 valence electrons. The van der Waals surface area contributed by atoms with Crippen LogP contribution in [0.1, 0.15) is 11.8 Å². The molecular formula is C20H15BrN4O3S. The van der Waals surface area contributed by atoms with E-state index in [1.165, 1.54) is 11.8 Å². The number of aromatic nitrogens is 3. The molecule has 0 aliphatic carbocycles. The van der Waals surface area contributed by atoms with E-state index in [1.807, 2.05) is 36.4 Å². The number of hydrogen-bond donors (Lipinski definition) is 1. The second kappa shape index (κ2) is 7.57. The van der Waals surface area contributed by atoms with Crippen molar-refractivity contribution in [2.24, 2.45) is 0 Å². The van der Waals surface area contributed by atoms with E-state index in [9.17, 15) is 0 Å². The van der Waals surface area contributed by atoms with Crippen molar-refractivity contribution in [1.82, 2.24) is 15.2 Å². The van der Waals surface area contributed by atoms with Gasteiger partial charge >= 0.3 is 0 Å². The Hall–Kier alpha value is -2.78. The van der Waals surface area contributed by atoms with Gasteiger partial charge in [-0.25, -0.2) is 0 Å². The zero-order valence-electron chi connectivity index (χ0n) is 15.1. The van der Waals surface area contributed by atoms with Gasteiger partial charge in [-0.2, -0.15) is 4.98 Å². The third kappa shape index (κ3) is 3.51. The van der Waals surface area contributed by atoms with E-state index in [2.05, 4.69) is 43.0 Å². The van der Waals surface area contributed by atoms with Crippen LogP contribution in [0, 0.1) is 0 Å². The predicted octanol–water partition coefficient (Wildman–Crippen LogP) is 4.81. The lowest BCUT2D eigenvalue weighted by Gasteiger charge is -2.19. The Labute approximate surface area is 179 Å². The number of nitrogens with one attached hydrogen (secondary N) is 1. The average Bonchev–Trinajstić information content (AvgIpc) is 3.14. The summed E-state index contributed by atoms with van der Waals surface area (Å²) in [6, 6.07) is 11.6. The van der Waals surface area contributed by atoms with E-state index in [1.54, 1.807) is 6.08 Å². The Morgan fingerprint density at radius 2 is 2.07 bits per heavy atom. The minimum absolute atomic E-state index is 0.221. The van der Waals surface area contributed by atoms with Gasteiger partial charge in [0.15, 0.2) is 23.4 Å². The number of benzene rings is 2. The van der Waals surface area contributed by atoms with Crippen LogP contribution in [-0.4, -0.2) is 27.7 Å². The summed E-state index contributed by atoms with van der Waals surface area (Å²) >= 11 is 4.98. The predicted molar refractivity (Wildman–Crippen MR) is 113 cm³/mol. The molecule has 9 heteroatoms. The number of ether oxygens (including phenoxy) is 3. The quantitative estimate of drug-likeness (QED) is 0.429. The van der Waals surface area contributed by atoms with Crippen LogP contribution in [0.4, 0.5) is 5.69 Å². The van der Waals surface area contributed by atoms with E-state index in [0.717, 1.165) is 27.0 Å². The maximum Gasteiger partial charge on any atom is 0.247 e. The van der Waals surface area contributed by atoms with Crippen LogP contribution < -0.4 is 19.5 Å². The van der Waals surface area contributed by atoms with Crippen LogP contribution in [0.3, 0.4) is 0 Å². The summed E-state index contributed by atoms with van der Waals surface area (Å²) in [5.74, 6) is 2.51. The van der Waals surface area contributed by atoms with Crippen molar-refractivity contribution >= 4 is 33.4 Å². The third-order valence-corrected chi connectivity index (χ3v) is 5.74. The third-order valence-electron chi connectivity index (χ3n) is 4.42. The second-order valence-electron chi connectivity index (χ2n) is 6.29. The molecule has 0 amide bonds. The first kappa shape index (κ1) is 18.3. The monoisotopic (exact) mass is 470 g/mol. The summed E-state index contributed by atoms with van der Waals surface area (Å²) in [7, 11) is 0. The fourth-order valence-corrected chi connectivity index (χ4v) is 3.97. The number of halogens is 1. The highest BCUT2D eigenvalue weighted by Crippen LogP contribution is 2.42. The molecule has 0 fully saturated rings. The van der Waals surface area contributed by atoms with E-state index >= 15 is 0 Å². The average molecular weight is 471 g/mol. The topological polar surface area (TPSA) is 78.4 Å². The van der Waals surface area contributed by atoms with E-state index in [0.29, 0.717) is 28.2 Å². The number of nitrogens with zero attached hydrogens (tertiary/aromatic N) is 3. The van der Waals surface area contributed by atoms with Gasteiger partial charge in [-0.15, -0.1) is 16.8 Å². The number of anilines is 1. The van der Waals surface area contributed by atoms with Crippen molar-refractivity contribution < 1.29 is 14.2 Å². The van der Waals surface area contributed by atoms with Crippen molar-refractivity contribution in [2.45, 2.75) is 11.4 Å². The van der Waals surface area contributed by atoms with Gasteiger partial charge in [0.25, 0.3) is 0 Å². The molecular weight excluding hydrogens is 456 g/mol. The van der Waals surface area contributed by atoms with Gasteiger partial charge in [-0.1, -0.05) is 33.8 Å². The molecule has 5 rings (SSSR count). The van der Waals surface area contributed by atoms with Gasteiger partial charge in [0, 0.05) is 27.0 Å². The first-order valence-electron chi connectivity index (χ1n) is 8.82. The smallest absolute Gasteiger partial charge is 0.247 e. The van der Waals surface area contributed by atoms with E-state index in [4.69, 9.17) is 14.2 Å². The van der Waals surface area contributed by atoms with Crippen LogP contribution in [0.15, 0.2) is 58.7 Å². The first-order chi connectivity index (χ1) is 14.2. The molecule has 0 saturated heterocycles. The van der Waals surface area contributed by atoms with Gasteiger partial charge in [0.05, 0.1) is 0 Å². The minimum atomic E-state index is -0.486. The molecule has 3 aromatic rings. The Morgan fingerprint density at radius 1 is 1.17 bits per heavy atom. The van der Waals surface area contributed by atoms with Crippen LogP contribution in [0.5, 0.6) is 17.4 Å². The summed E-state index contributed by atoms with van der Waals surface area (Å²) in [4.78, 5) is 4.60. The number of thioether (sulfide) groups is 1. The molecule has 0 unspecified atom stereocenters. The van der Waals surface area contributed by atoms with E-state index in [-0.39, 0.29) is 6.79 Å². The minimum Gasteiger partial charge on any atom is -0.454 e. The van der Waals surface area contributed by atoms with Crippen LogP contribution in [0.25, 0.3) is 11.3 Å². The van der Waals surface area contributed by atoms with Gasteiger partial charge < -0.3 is 19.5 Å². The number of rotatable bonds is 4. The van der Waals surface area contributed by atoms with Crippen molar-refractivity contribution in [3.63, 3.8) is 0 Å². The van der Waals surface area contributed by atoms with Gasteiger partial charge in [-0.05, 0) is 36.4 Å². The molecule has 29 heavy (non-hydrogen) atoms. The van der Waals surface area contributed by atoms with Gasteiger partial charge in [0.2, 0.25) is 17.8 Å². The van der Waals surface area contributed by atoms with Crippen molar-refractivity contribution in [3.05, 3.63) is 59.1 Å². The molecule has 1 N–H and O–H groups in total. The molecule has 2 aliphatic heterocycles. The highest BCUT2D eigenvalue weighted by atomic mass is 79.9. The fourth-order valence-electron chi connectivity index (χ4n) is 3.09. The van der Waals surface area contributed by atoms with Gasteiger partial charge in [0.1, 0.15) is 0 Å². The van der Waals surface area contributed by atoms with Crippen LogP contribution in [-0.2, 0) is 0 Å². The Kier molecular flexibility index (Phi) is 4.76. The fraction of sp³-hybridized carbons (Fsp3) is 0.150. The Balaban J connectivity index is 1.60. The lowest BCUT2D eigenvalue weighted by atomic mass is 10.1. The normalized spacial score (nSPS) is 16.1. The van der Waals surface area contributed by atoms with Gasteiger partial charge in [-0.3, -0.25) is 0 Å². The molecule has 7 nitrogen and oxygen atoms in total. The Morgan fingerprint density at radius 3 is 2.97 bits per heavy atom. The zero-order valence-corrected chi connectivity index (χ0v) is 17.5. The molecule has 0 bridgehead atoms. The van der Waals surface area contributed by atoms with Crippen molar-refractivity contribution in [2.75, 3.05) is 17.9 Å². The lowest BCUT2D eigenvalue weighted by molar-refractivity contribution is 0.173. The standard InChI is InChI=1S/C20H15BrN4O3S/c1-2-7-29-20-23-19-17(24-25-20)13-9-12(21)4-5-14(13)22-18(28-19)11-3-6-15-16(8-11)27-10-26-15/h2-6,8-9,18,22H,1,7,10H2/t18-/m1/s1. The molecule has 1 atom stereocenters. The molecule has 0 radical (unpaired) electrons. The highest BCUT2D eigenvalue weighted by molar-refractivity contribution is 9.10. The SMILES string of the molecule is C=CCSc1nnc2c(n1)O[C@H](c1ccc3c(c1)OCO3)Nc1ccc(Br)cc1-2. The molecule has 3 heterocycles. The maximum atomic E-state index is 6.27. The first-order valence-corrected chi connectivity index (χ1v) is 10.6.